The minimum atomic E-state index is -4.72. The van der Waals surface area contributed by atoms with E-state index in [0.29, 0.717) is 22.8 Å². The highest BCUT2D eigenvalue weighted by Crippen LogP contribution is 2.35. The summed E-state index contributed by atoms with van der Waals surface area (Å²) in [6, 6.07) is 3.63. The molecule has 188 valence electrons. The first-order valence-corrected chi connectivity index (χ1v) is 12.2. The van der Waals surface area contributed by atoms with Crippen molar-refractivity contribution in [2.45, 2.75) is 51.6 Å². The molecule has 0 aliphatic rings. The fraction of sp³-hybridized carbons (Fsp3) is 0.417. The number of ether oxygens (including phenoxy) is 2. The van der Waals surface area contributed by atoms with Crippen LogP contribution in [0.5, 0.6) is 6.01 Å². The quantitative estimate of drug-likeness (QED) is 0.211. The first-order valence-electron chi connectivity index (χ1n) is 11.3. The van der Waals surface area contributed by atoms with Crippen LogP contribution in [0.4, 0.5) is 24.0 Å². The van der Waals surface area contributed by atoms with Gasteiger partial charge in [-0.2, -0.15) is 13.2 Å². The third-order valence-corrected chi connectivity index (χ3v) is 5.90. The van der Waals surface area contributed by atoms with Gasteiger partial charge in [0, 0.05) is 29.0 Å². The lowest BCUT2D eigenvalue weighted by Gasteiger charge is -2.14. The number of nitrogens with zero attached hydrogens (tertiary/aromatic N) is 3. The highest BCUT2D eigenvalue weighted by molar-refractivity contribution is 7.14. The van der Waals surface area contributed by atoms with Crippen molar-refractivity contribution >= 4 is 28.1 Å². The zero-order chi connectivity index (χ0) is 25.3. The van der Waals surface area contributed by atoms with Gasteiger partial charge in [-0.15, -0.1) is 11.3 Å². The molecule has 0 bridgehead atoms. The fourth-order valence-corrected chi connectivity index (χ4v) is 4.04. The Morgan fingerprint density at radius 3 is 2.49 bits per heavy atom. The Hall–Kier alpha value is -3.21. The zero-order valence-corrected chi connectivity index (χ0v) is 20.3. The molecule has 3 aromatic rings. The van der Waals surface area contributed by atoms with Gasteiger partial charge in [-0.25, -0.2) is 19.7 Å². The summed E-state index contributed by atoms with van der Waals surface area (Å²) in [5, 5.41) is 4.97. The average Bonchev–Trinajstić information content (AvgIpc) is 3.31. The minimum Gasteiger partial charge on any atom is -0.467 e. The van der Waals surface area contributed by atoms with Crippen LogP contribution in [-0.2, 0) is 10.9 Å². The molecular weight excluding hydrogens is 481 g/mol. The molecule has 3 rings (SSSR count). The van der Waals surface area contributed by atoms with E-state index in [2.05, 4.69) is 27.2 Å². The smallest absolute Gasteiger partial charge is 0.417 e. The molecule has 1 aromatic carbocycles. The molecule has 0 fully saturated rings. The van der Waals surface area contributed by atoms with Gasteiger partial charge in [0.05, 0.1) is 30.5 Å². The molecule has 0 atom stereocenters. The van der Waals surface area contributed by atoms with Crippen LogP contribution >= 0.6 is 11.3 Å². The molecule has 1 N–H and O–H groups in total. The van der Waals surface area contributed by atoms with Gasteiger partial charge in [0.2, 0.25) is 0 Å². The third-order valence-electron chi connectivity index (χ3n) is 5.14. The molecule has 35 heavy (non-hydrogen) atoms. The van der Waals surface area contributed by atoms with Crippen molar-refractivity contribution in [3.8, 4) is 17.3 Å². The average molecular weight is 509 g/mol. The molecule has 7 nitrogen and oxygen atoms in total. The van der Waals surface area contributed by atoms with Crippen LogP contribution in [0.1, 0.15) is 61.4 Å². The number of alkyl halides is 3. The number of hydrogen-bond donors (Lipinski definition) is 1. The van der Waals surface area contributed by atoms with Crippen LogP contribution in [0.2, 0.25) is 0 Å². The topological polar surface area (TPSA) is 86.2 Å². The number of hydrogen-bond acceptors (Lipinski definition) is 8. The van der Waals surface area contributed by atoms with Crippen molar-refractivity contribution in [1.29, 1.82) is 0 Å². The van der Waals surface area contributed by atoms with Gasteiger partial charge in [0.25, 0.3) is 0 Å². The summed E-state index contributed by atoms with van der Waals surface area (Å²) in [6.07, 6.45) is 4.25. The second kappa shape index (κ2) is 12.5. The molecule has 0 aliphatic carbocycles. The Labute approximate surface area is 205 Å². The number of thiazole rings is 1. The van der Waals surface area contributed by atoms with Gasteiger partial charge in [0.15, 0.2) is 5.13 Å². The second-order valence-corrected chi connectivity index (χ2v) is 8.64. The van der Waals surface area contributed by atoms with Gasteiger partial charge >= 0.3 is 18.2 Å². The number of aromatic nitrogens is 3. The summed E-state index contributed by atoms with van der Waals surface area (Å²) in [7, 11) is 1.45. The van der Waals surface area contributed by atoms with Crippen LogP contribution < -0.4 is 10.1 Å². The third kappa shape index (κ3) is 7.64. The number of anilines is 2. The van der Waals surface area contributed by atoms with E-state index in [0.717, 1.165) is 44.2 Å². The lowest BCUT2D eigenvalue weighted by atomic mass is 10.1. The summed E-state index contributed by atoms with van der Waals surface area (Å²) in [4.78, 5) is 24.8. The lowest BCUT2D eigenvalue weighted by molar-refractivity contribution is -0.138. The Morgan fingerprint density at radius 1 is 1.09 bits per heavy atom. The molecule has 0 unspecified atom stereocenters. The van der Waals surface area contributed by atoms with Crippen LogP contribution in [-0.4, -0.2) is 34.6 Å². The molecule has 2 heterocycles. The largest absolute Gasteiger partial charge is 0.467 e. The molecule has 11 heteroatoms. The van der Waals surface area contributed by atoms with Gasteiger partial charge < -0.3 is 14.8 Å². The highest BCUT2D eigenvalue weighted by Gasteiger charge is 2.36. The van der Waals surface area contributed by atoms with Crippen molar-refractivity contribution in [1.82, 2.24) is 15.0 Å². The molecule has 2 aromatic heterocycles. The van der Waals surface area contributed by atoms with Crippen molar-refractivity contribution < 1.29 is 27.4 Å². The van der Waals surface area contributed by atoms with E-state index in [4.69, 9.17) is 9.47 Å². The maximum absolute atomic E-state index is 13.7. The summed E-state index contributed by atoms with van der Waals surface area (Å²) in [5.74, 6) is -0.978. The van der Waals surface area contributed by atoms with Gasteiger partial charge in [-0.05, 0) is 24.6 Å². The summed E-state index contributed by atoms with van der Waals surface area (Å²) >= 11 is 1.21. The van der Waals surface area contributed by atoms with E-state index in [9.17, 15) is 18.0 Å². The SMILES string of the molecule is CCCCCCCCOC(=O)c1ccc(Nc2nc(-c3cnc(OC)nc3)cs2)cc1C(F)(F)F. The molecule has 0 radical (unpaired) electrons. The highest BCUT2D eigenvalue weighted by atomic mass is 32.1. The van der Waals surface area contributed by atoms with Gasteiger partial charge in [-0.3, -0.25) is 0 Å². The van der Waals surface area contributed by atoms with Crippen LogP contribution in [0.15, 0.2) is 36.0 Å². The zero-order valence-electron chi connectivity index (χ0n) is 19.5. The molecule has 0 aliphatic heterocycles. The monoisotopic (exact) mass is 508 g/mol. The van der Waals surface area contributed by atoms with Gasteiger partial charge in [-0.1, -0.05) is 39.0 Å². The van der Waals surface area contributed by atoms with Crippen molar-refractivity contribution in [3.05, 3.63) is 47.1 Å². The minimum absolute atomic E-state index is 0.0965. The number of methoxy groups -OCH3 is 1. The number of unbranched alkanes of at least 4 members (excludes halogenated alkanes) is 5. The van der Waals surface area contributed by atoms with Crippen molar-refractivity contribution in [3.63, 3.8) is 0 Å². The number of halogens is 3. The summed E-state index contributed by atoms with van der Waals surface area (Å²) in [5.41, 5.74) is -0.225. The predicted molar refractivity (Wildman–Crippen MR) is 128 cm³/mol. The number of carbonyl (C=O) groups excluding carboxylic acids is 1. The number of esters is 1. The Kier molecular flexibility index (Phi) is 9.41. The Bertz CT molecular complexity index is 1100. The molecule has 0 saturated heterocycles. The van der Waals surface area contributed by atoms with E-state index in [1.807, 2.05) is 0 Å². The van der Waals surface area contributed by atoms with Crippen LogP contribution in [0.25, 0.3) is 11.3 Å². The second-order valence-electron chi connectivity index (χ2n) is 7.78. The fourth-order valence-electron chi connectivity index (χ4n) is 3.30. The molecule has 0 spiro atoms. The van der Waals surface area contributed by atoms with E-state index < -0.39 is 23.3 Å². The number of benzene rings is 1. The first-order chi connectivity index (χ1) is 16.8. The Morgan fingerprint density at radius 2 is 1.80 bits per heavy atom. The standard InChI is InChI=1S/C24H27F3N4O3S/c1-3-4-5-6-7-8-11-34-21(32)18-10-9-17(12-19(18)24(25,26)27)30-23-31-20(15-35-23)16-13-28-22(33-2)29-14-16/h9-10,12-15H,3-8,11H2,1-2H3,(H,30,31). The van der Waals surface area contributed by atoms with E-state index in [-0.39, 0.29) is 18.3 Å². The Balaban J connectivity index is 1.66. The first kappa shape index (κ1) is 26.4. The maximum Gasteiger partial charge on any atom is 0.417 e. The van der Waals surface area contributed by atoms with Gasteiger partial charge in [0.1, 0.15) is 0 Å². The summed E-state index contributed by atoms with van der Waals surface area (Å²) in [6.45, 7) is 2.21. The number of rotatable bonds is 12. The summed E-state index contributed by atoms with van der Waals surface area (Å²) < 4.78 is 51.1. The lowest BCUT2D eigenvalue weighted by Crippen LogP contribution is -2.16. The predicted octanol–water partition coefficient (Wildman–Crippen LogP) is 6.89. The van der Waals surface area contributed by atoms with Crippen molar-refractivity contribution in [2.75, 3.05) is 19.0 Å². The maximum atomic E-state index is 13.7. The number of carbonyl (C=O) groups is 1. The van der Waals surface area contributed by atoms with E-state index >= 15 is 0 Å². The normalized spacial score (nSPS) is 11.3. The molecule has 0 saturated carbocycles. The molecular formula is C24H27F3N4O3S. The molecule has 0 amide bonds. The van der Waals surface area contributed by atoms with E-state index in [1.165, 1.54) is 36.9 Å². The van der Waals surface area contributed by atoms with Crippen LogP contribution in [0, 0.1) is 0 Å². The van der Waals surface area contributed by atoms with Crippen molar-refractivity contribution in [2.24, 2.45) is 0 Å². The number of nitrogens with one attached hydrogen (secondary N) is 1. The van der Waals surface area contributed by atoms with E-state index in [1.54, 1.807) is 5.38 Å². The van der Waals surface area contributed by atoms with Crippen LogP contribution in [0.3, 0.4) is 0 Å².